The first-order chi connectivity index (χ1) is 19.0. The molecule has 0 amide bonds. The average Bonchev–Trinajstić information content (AvgIpc) is 2.91. The molecule has 3 aromatic carbocycles. The number of ether oxygens (including phenoxy) is 3. The van der Waals surface area contributed by atoms with Crippen molar-refractivity contribution in [3.63, 3.8) is 0 Å². The maximum atomic E-state index is 14.5. The Bertz CT molecular complexity index is 1450. The van der Waals surface area contributed by atoms with Crippen molar-refractivity contribution in [3.05, 3.63) is 84.4 Å². The van der Waals surface area contributed by atoms with Crippen LogP contribution in [-0.4, -0.2) is 43.0 Å². The van der Waals surface area contributed by atoms with Gasteiger partial charge in [-0.1, -0.05) is 44.2 Å². The summed E-state index contributed by atoms with van der Waals surface area (Å²) in [4.78, 5) is 2.52. The van der Waals surface area contributed by atoms with E-state index in [0.717, 1.165) is 21.6 Å². The Morgan fingerprint density at radius 2 is 1.54 bits per heavy atom. The molecule has 6 nitrogen and oxygen atoms in total. The Morgan fingerprint density at radius 1 is 0.951 bits per heavy atom. The lowest BCUT2D eigenvalue weighted by Gasteiger charge is -2.44. The van der Waals surface area contributed by atoms with Crippen molar-refractivity contribution in [1.82, 2.24) is 0 Å². The van der Waals surface area contributed by atoms with Gasteiger partial charge in [0.2, 0.25) is 0 Å². The molecule has 3 aromatic rings. The predicted molar refractivity (Wildman–Crippen MR) is 146 cm³/mol. The summed E-state index contributed by atoms with van der Waals surface area (Å²) in [7, 11) is -6.40. The molecule has 0 aliphatic carbocycles. The highest BCUT2D eigenvalue weighted by atomic mass is 32.2. The van der Waals surface area contributed by atoms with E-state index in [9.17, 15) is 26.0 Å². The van der Waals surface area contributed by atoms with Crippen molar-refractivity contribution in [2.45, 2.75) is 71.6 Å². The van der Waals surface area contributed by atoms with Crippen molar-refractivity contribution >= 4 is 21.0 Å². The molecule has 1 aliphatic heterocycles. The monoisotopic (exact) mass is 615 g/mol. The van der Waals surface area contributed by atoms with Crippen molar-refractivity contribution < 1.29 is 44.7 Å². The summed E-state index contributed by atoms with van der Waals surface area (Å²) in [6, 6.07) is 23.0. The standard InChI is InChI=1S/C29H30F4O6S2/c1-19(2)26-28(30,31)18-37-27(4,39-26)21-9-8-12-25(17-21)40(23-10-6-5-7-11-23)24-15-13-22(14-16-24)38-20(3)29(32,33)41(34,35)36/h5-17,19-20,26H,18H2,1-4H3/p+1. The molecular weight excluding hydrogens is 584 g/mol. The van der Waals surface area contributed by atoms with Gasteiger partial charge < -0.3 is 14.2 Å². The van der Waals surface area contributed by atoms with Crippen LogP contribution in [0.5, 0.6) is 5.75 Å². The Labute approximate surface area is 239 Å². The molecule has 0 spiro atoms. The normalized spacial score (nSPS) is 22.7. The summed E-state index contributed by atoms with van der Waals surface area (Å²) in [5.74, 6) is -5.01. The summed E-state index contributed by atoms with van der Waals surface area (Å²) in [5.41, 5.74) is 0.561. The van der Waals surface area contributed by atoms with E-state index in [1.165, 1.54) is 12.1 Å². The zero-order chi connectivity index (χ0) is 30.2. The van der Waals surface area contributed by atoms with Gasteiger partial charge >= 0.3 is 15.4 Å². The summed E-state index contributed by atoms with van der Waals surface area (Å²) < 4.78 is 105. The minimum absolute atomic E-state index is 0.0212. The first-order valence-corrected chi connectivity index (χ1v) is 15.4. The second-order valence-electron chi connectivity index (χ2n) is 10.2. The molecule has 41 heavy (non-hydrogen) atoms. The molecule has 0 saturated carbocycles. The van der Waals surface area contributed by atoms with Crippen molar-refractivity contribution in [1.29, 1.82) is 0 Å². The lowest BCUT2D eigenvalue weighted by molar-refractivity contribution is -0.368. The molecule has 1 heterocycles. The van der Waals surface area contributed by atoms with E-state index in [0.29, 0.717) is 5.56 Å². The minimum atomic E-state index is -5.67. The molecule has 0 bridgehead atoms. The van der Waals surface area contributed by atoms with E-state index in [2.05, 4.69) is 0 Å². The van der Waals surface area contributed by atoms with Gasteiger partial charge in [-0.25, -0.2) is 8.78 Å². The first kappa shape index (κ1) is 31.3. The summed E-state index contributed by atoms with van der Waals surface area (Å²) >= 11 is 0. The molecule has 1 N–H and O–H groups in total. The molecule has 222 valence electrons. The first-order valence-electron chi connectivity index (χ1n) is 12.8. The maximum Gasteiger partial charge on any atom is 0.405 e. The molecule has 12 heteroatoms. The zero-order valence-corrected chi connectivity index (χ0v) is 24.4. The molecular formula is C29H31F4O6S2+. The number of benzene rings is 3. The van der Waals surface area contributed by atoms with Gasteiger partial charge in [-0.2, -0.15) is 17.2 Å². The second kappa shape index (κ2) is 11.6. The highest BCUT2D eigenvalue weighted by Gasteiger charge is 2.53. The molecule has 4 unspecified atom stereocenters. The zero-order valence-electron chi connectivity index (χ0n) is 22.8. The summed E-state index contributed by atoms with van der Waals surface area (Å²) in [6.45, 7) is 5.03. The molecule has 4 rings (SSSR count). The molecule has 4 atom stereocenters. The van der Waals surface area contributed by atoms with Gasteiger partial charge in [0, 0.05) is 11.6 Å². The van der Waals surface area contributed by atoms with Crippen LogP contribution in [0.15, 0.2) is 93.5 Å². The van der Waals surface area contributed by atoms with Crippen LogP contribution in [0.3, 0.4) is 0 Å². The Balaban J connectivity index is 1.68. The Hall–Kier alpha value is -2.64. The third-order valence-corrected chi connectivity index (χ3v) is 9.91. The number of rotatable bonds is 9. The smallest absolute Gasteiger partial charge is 0.405 e. The lowest BCUT2D eigenvalue weighted by Crippen LogP contribution is -2.54. The van der Waals surface area contributed by atoms with Gasteiger partial charge in [0.15, 0.2) is 26.6 Å². The lowest BCUT2D eigenvalue weighted by atomic mass is 9.97. The van der Waals surface area contributed by atoms with Crippen LogP contribution in [0.25, 0.3) is 0 Å². The fourth-order valence-corrected chi connectivity index (χ4v) is 7.04. The van der Waals surface area contributed by atoms with E-state index in [4.69, 9.17) is 18.8 Å². The summed E-state index contributed by atoms with van der Waals surface area (Å²) in [6.07, 6.45) is -3.48. The van der Waals surface area contributed by atoms with Crippen LogP contribution < -0.4 is 4.74 Å². The van der Waals surface area contributed by atoms with Crippen LogP contribution >= 0.6 is 0 Å². The third kappa shape index (κ3) is 6.56. The van der Waals surface area contributed by atoms with Crippen molar-refractivity contribution in [2.24, 2.45) is 5.92 Å². The number of halogens is 4. The van der Waals surface area contributed by atoms with Crippen LogP contribution in [0, 0.1) is 5.92 Å². The van der Waals surface area contributed by atoms with Gasteiger partial charge in [-0.3, -0.25) is 4.55 Å². The second-order valence-corrected chi connectivity index (χ2v) is 13.7. The molecule has 1 fully saturated rings. The highest BCUT2D eigenvalue weighted by molar-refractivity contribution is 7.97. The largest absolute Gasteiger partial charge is 0.483 e. The van der Waals surface area contributed by atoms with E-state index in [1.807, 2.05) is 42.5 Å². The van der Waals surface area contributed by atoms with E-state index in [-0.39, 0.29) is 5.75 Å². The minimum Gasteiger partial charge on any atom is -0.483 e. The van der Waals surface area contributed by atoms with Gasteiger partial charge in [0.1, 0.15) is 18.5 Å². The number of hydrogen-bond donors (Lipinski definition) is 1. The van der Waals surface area contributed by atoms with E-state index >= 15 is 0 Å². The molecule has 1 saturated heterocycles. The van der Waals surface area contributed by atoms with Gasteiger partial charge in [-0.05, 0) is 62.2 Å². The van der Waals surface area contributed by atoms with Crippen LogP contribution in [0.4, 0.5) is 17.6 Å². The number of hydrogen-bond acceptors (Lipinski definition) is 5. The van der Waals surface area contributed by atoms with Gasteiger partial charge in [0.25, 0.3) is 5.92 Å². The van der Waals surface area contributed by atoms with Gasteiger partial charge in [0.05, 0.1) is 10.9 Å². The van der Waals surface area contributed by atoms with Crippen LogP contribution in [-0.2, 0) is 36.3 Å². The fraction of sp³-hybridized carbons (Fsp3) is 0.379. The quantitative estimate of drug-likeness (QED) is 0.160. The Kier molecular flexibility index (Phi) is 8.83. The Morgan fingerprint density at radius 3 is 2.12 bits per heavy atom. The molecule has 1 aliphatic rings. The summed E-state index contributed by atoms with van der Waals surface area (Å²) in [5, 5.41) is -4.50. The predicted octanol–water partition coefficient (Wildman–Crippen LogP) is 6.91. The average molecular weight is 616 g/mol. The molecule has 0 radical (unpaired) electrons. The van der Waals surface area contributed by atoms with E-state index < -0.39 is 62.7 Å². The van der Waals surface area contributed by atoms with Crippen molar-refractivity contribution in [3.8, 4) is 5.75 Å². The van der Waals surface area contributed by atoms with Gasteiger partial charge in [-0.15, -0.1) is 0 Å². The fourth-order valence-electron chi connectivity index (χ4n) is 4.46. The highest BCUT2D eigenvalue weighted by Crippen LogP contribution is 2.43. The maximum absolute atomic E-state index is 14.5. The van der Waals surface area contributed by atoms with Crippen LogP contribution in [0.1, 0.15) is 33.3 Å². The third-order valence-electron chi connectivity index (χ3n) is 6.68. The molecule has 0 aromatic heterocycles. The van der Waals surface area contributed by atoms with Crippen molar-refractivity contribution in [2.75, 3.05) is 6.61 Å². The number of alkyl halides is 4. The SMILES string of the molecule is CC(C)C1OC(C)(c2cccc([S+](c3ccccc3)c3ccc(OC(C)C(F)(F)S(=O)(=O)O)cc3)c2)OCC1(F)F. The van der Waals surface area contributed by atoms with Crippen LogP contribution in [0.2, 0.25) is 0 Å². The van der Waals surface area contributed by atoms with E-state index in [1.54, 1.807) is 45.0 Å². The topological polar surface area (TPSA) is 82.1 Å².